The first-order chi connectivity index (χ1) is 27.8. The van der Waals surface area contributed by atoms with Crippen molar-refractivity contribution in [3.63, 3.8) is 0 Å². The standard InChI is InChI=1S/C54H36N2/c1-4-15-37(16-5-1)40-21-12-23-44(33-40)55-50-27-11-10-25-47(50)48-36-43(30-32-51(48)55)46-26-14-28-53-54(46)49-35-42(39-19-8-3-9-20-39)29-31-52(49)56(53)45-24-13-22-41(34-45)38-17-6-2-7-18-38/h1-36H. The van der Waals surface area contributed by atoms with Gasteiger partial charge < -0.3 is 9.13 Å². The van der Waals surface area contributed by atoms with Gasteiger partial charge in [0.15, 0.2) is 0 Å². The van der Waals surface area contributed by atoms with Crippen LogP contribution < -0.4 is 0 Å². The molecule has 0 radical (unpaired) electrons. The van der Waals surface area contributed by atoms with Crippen molar-refractivity contribution in [1.29, 1.82) is 0 Å². The minimum absolute atomic E-state index is 1.15. The highest BCUT2D eigenvalue weighted by atomic mass is 15.0. The number of hydrogen-bond donors (Lipinski definition) is 0. The summed E-state index contributed by atoms with van der Waals surface area (Å²) in [7, 11) is 0. The van der Waals surface area contributed by atoms with Crippen LogP contribution in [0.1, 0.15) is 0 Å². The van der Waals surface area contributed by atoms with Crippen LogP contribution in [0.3, 0.4) is 0 Å². The maximum Gasteiger partial charge on any atom is 0.0547 e. The lowest BCUT2D eigenvalue weighted by Crippen LogP contribution is -1.95. The average Bonchev–Trinajstić information content (AvgIpc) is 3.80. The Balaban J connectivity index is 1.14. The summed E-state index contributed by atoms with van der Waals surface area (Å²) < 4.78 is 4.86. The van der Waals surface area contributed by atoms with Crippen molar-refractivity contribution in [3.05, 3.63) is 218 Å². The average molecular weight is 713 g/mol. The van der Waals surface area contributed by atoms with Crippen molar-refractivity contribution in [1.82, 2.24) is 9.13 Å². The van der Waals surface area contributed by atoms with Crippen LogP contribution >= 0.6 is 0 Å². The number of benzene rings is 9. The van der Waals surface area contributed by atoms with E-state index in [1.807, 2.05) is 0 Å². The van der Waals surface area contributed by atoms with Crippen LogP contribution in [0.25, 0.3) is 99.5 Å². The number of nitrogens with zero attached hydrogens (tertiary/aromatic N) is 2. The van der Waals surface area contributed by atoms with E-state index in [2.05, 4.69) is 228 Å². The van der Waals surface area contributed by atoms with E-state index in [1.54, 1.807) is 0 Å². The van der Waals surface area contributed by atoms with Gasteiger partial charge >= 0.3 is 0 Å². The van der Waals surface area contributed by atoms with Crippen molar-refractivity contribution in [2.75, 3.05) is 0 Å². The molecule has 0 spiro atoms. The normalized spacial score (nSPS) is 11.6. The number of fused-ring (bicyclic) bond motifs is 6. The van der Waals surface area contributed by atoms with E-state index in [4.69, 9.17) is 0 Å². The third-order valence-corrected chi connectivity index (χ3v) is 11.3. The predicted molar refractivity (Wildman–Crippen MR) is 237 cm³/mol. The lowest BCUT2D eigenvalue weighted by Gasteiger charge is -2.12. The molecule has 0 N–H and O–H groups in total. The zero-order valence-corrected chi connectivity index (χ0v) is 30.7. The van der Waals surface area contributed by atoms with Crippen LogP contribution in [0.4, 0.5) is 0 Å². The summed E-state index contributed by atoms with van der Waals surface area (Å²) in [5.74, 6) is 0. The van der Waals surface area contributed by atoms with Gasteiger partial charge in [0.25, 0.3) is 0 Å². The van der Waals surface area contributed by atoms with Crippen LogP contribution in [0.2, 0.25) is 0 Å². The second kappa shape index (κ2) is 13.2. The van der Waals surface area contributed by atoms with Crippen molar-refractivity contribution < 1.29 is 0 Å². The van der Waals surface area contributed by atoms with Crippen LogP contribution in [-0.4, -0.2) is 9.13 Å². The van der Waals surface area contributed by atoms with Gasteiger partial charge in [-0.1, -0.05) is 158 Å². The Bertz CT molecular complexity index is 3220. The third kappa shape index (κ3) is 5.26. The predicted octanol–water partition coefficient (Wildman–Crippen LogP) is 14.5. The Morgan fingerprint density at radius 2 is 0.661 bits per heavy atom. The van der Waals surface area contributed by atoms with Gasteiger partial charge in [-0.25, -0.2) is 0 Å². The van der Waals surface area contributed by atoms with E-state index in [-0.39, 0.29) is 0 Å². The van der Waals surface area contributed by atoms with Crippen LogP contribution in [-0.2, 0) is 0 Å². The van der Waals surface area contributed by atoms with Crippen molar-refractivity contribution in [2.45, 2.75) is 0 Å². The molecule has 0 unspecified atom stereocenters. The molecule has 0 aliphatic carbocycles. The van der Waals surface area contributed by atoms with Crippen molar-refractivity contribution in [3.8, 4) is 55.9 Å². The molecule has 2 heterocycles. The second-order valence-electron chi connectivity index (χ2n) is 14.6. The molecule has 2 aromatic heterocycles. The molecule has 11 rings (SSSR count). The summed E-state index contributed by atoms with van der Waals surface area (Å²) >= 11 is 0. The molecular weight excluding hydrogens is 677 g/mol. The summed E-state index contributed by atoms with van der Waals surface area (Å²) in [6, 6.07) is 79.4. The van der Waals surface area contributed by atoms with E-state index in [9.17, 15) is 0 Å². The fraction of sp³-hybridized carbons (Fsp3) is 0. The maximum absolute atomic E-state index is 2.44. The summed E-state index contributed by atoms with van der Waals surface area (Å²) in [5.41, 5.74) is 16.7. The fourth-order valence-corrected chi connectivity index (χ4v) is 8.73. The molecule has 0 bridgehead atoms. The molecule has 9 aromatic carbocycles. The quantitative estimate of drug-likeness (QED) is 0.162. The van der Waals surface area contributed by atoms with E-state index < -0.39 is 0 Å². The molecule has 56 heavy (non-hydrogen) atoms. The molecule has 2 heteroatoms. The molecule has 0 saturated heterocycles. The maximum atomic E-state index is 2.44. The first-order valence-corrected chi connectivity index (χ1v) is 19.3. The second-order valence-corrected chi connectivity index (χ2v) is 14.6. The van der Waals surface area contributed by atoms with Gasteiger partial charge in [0.2, 0.25) is 0 Å². The number of aromatic nitrogens is 2. The molecular formula is C54H36N2. The monoisotopic (exact) mass is 712 g/mol. The molecule has 0 aliphatic heterocycles. The molecule has 0 atom stereocenters. The number of hydrogen-bond acceptors (Lipinski definition) is 0. The first kappa shape index (κ1) is 32.0. The van der Waals surface area contributed by atoms with E-state index >= 15 is 0 Å². The van der Waals surface area contributed by atoms with E-state index in [1.165, 1.54) is 88.1 Å². The molecule has 2 nitrogen and oxygen atoms in total. The van der Waals surface area contributed by atoms with Gasteiger partial charge in [0, 0.05) is 32.9 Å². The highest BCUT2D eigenvalue weighted by Gasteiger charge is 2.19. The summed E-state index contributed by atoms with van der Waals surface area (Å²) in [6.07, 6.45) is 0. The van der Waals surface area contributed by atoms with Gasteiger partial charge in [-0.3, -0.25) is 0 Å². The number of rotatable bonds is 6. The van der Waals surface area contributed by atoms with E-state index in [0.717, 1.165) is 11.4 Å². The fourth-order valence-electron chi connectivity index (χ4n) is 8.73. The minimum Gasteiger partial charge on any atom is -0.309 e. The molecule has 0 aliphatic rings. The van der Waals surface area contributed by atoms with Gasteiger partial charge in [0.1, 0.15) is 0 Å². The van der Waals surface area contributed by atoms with Gasteiger partial charge in [-0.05, 0) is 105 Å². The topological polar surface area (TPSA) is 9.86 Å². The first-order valence-electron chi connectivity index (χ1n) is 19.3. The van der Waals surface area contributed by atoms with Crippen LogP contribution in [0.5, 0.6) is 0 Å². The Hall–Kier alpha value is -7.42. The van der Waals surface area contributed by atoms with Gasteiger partial charge in [0.05, 0.1) is 22.1 Å². The lowest BCUT2D eigenvalue weighted by molar-refractivity contribution is 1.18. The highest BCUT2D eigenvalue weighted by molar-refractivity contribution is 6.18. The third-order valence-electron chi connectivity index (χ3n) is 11.3. The summed E-state index contributed by atoms with van der Waals surface area (Å²) in [6.45, 7) is 0. The molecule has 0 saturated carbocycles. The smallest absolute Gasteiger partial charge is 0.0547 e. The number of para-hydroxylation sites is 1. The Morgan fingerprint density at radius 3 is 1.29 bits per heavy atom. The molecule has 0 fully saturated rings. The largest absolute Gasteiger partial charge is 0.309 e. The minimum atomic E-state index is 1.15. The Morgan fingerprint density at radius 1 is 0.232 bits per heavy atom. The lowest BCUT2D eigenvalue weighted by atomic mass is 9.96. The zero-order chi connectivity index (χ0) is 37.0. The van der Waals surface area contributed by atoms with Crippen molar-refractivity contribution >= 4 is 43.6 Å². The van der Waals surface area contributed by atoms with E-state index in [0.29, 0.717) is 0 Å². The van der Waals surface area contributed by atoms with Crippen LogP contribution in [0.15, 0.2) is 218 Å². The molecule has 0 amide bonds. The Labute approximate surface area is 325 Å². The summed E-state index contributed by atoms with van der Waals surface area (Å²) in [5, 5.41) is 4.98. The molecule has 11 aromatic rings. The van der Waals surface area contributed by atoms with Crippen LogP contribution in [0, 0.1) is 0 Å². The van der Waals surface area contributed by atoms with Crippen molar-refractivity contribution in [2.24, 2.45) is 0 Å². The zero-order valence-electron chi connectivity index (χ0n) is 30.7. The Kier molecular flexibility index (Phi) is 7.53. The van der Waals surface area contributed by atoms with Gasteiger partial charge in [-0.15, -0.1) is 0 Å². The summed E-state index contributed by atoms with van der Waals surface area (Å²) in [4.78, 5) is 0. The molecule has 262 valence electrons. The highest BCUT2D eigenvalue weighted by Crippen LogP contribution is 2.42. The van der Waals surface area contributed by atoms with Gasteiger partial charge in [-0.2, -0.15) is 0 Å². The SMILES string of the molecule is c1ccc(-c2cccc(-n3c4ccccc4c4cc(-c5cccc6c5c5cc(-c7ccccc7)ccc5n6-c5cccc(-c6ccccc6)c5)ccc43)c2)cc1.